The molecular formula is C23H44O5. The maximum atomic E-state index is 9.81. The monoisotopic (exact) mass is 400 g/mol. The number of unbranched alkanes of at least 4 members (excludes halogenated alkanes) is 11. The summed E-state index contributed by atoms with van der Waals surface area (Å²) in [5.41, 5.74) is 0. The highest BCUT2D eigenvalue weighted by atomic mass is 16.6. The number of allylic oxidation sites excluding steroid dienone is 1. The van der Waals surface area contributed by atoms with Crippen LogP contribution in [0.1, 0.15) is 90.4 Å². The van der Waals surface area contributed by atoms with Crippen LogP contribution in [-0.2, 0) is 9.47 Å². The van der Waals surface area contributed by atoms with Crippen LogP contribution < -0.4 is 0 Å². The van der Waals surface area contributed by atoms with Crippen LogP contribution in [0.4, 0.5) is 0 Å². The zero-order valence-corrected chi connectivity index (χ0v) is 17.9. The Hall–Kier alpha value is -0.460. The van der Waals surface area contributed by atoms with Crippen LogP contribution >= 0.6 is 0 Å². The third kappa shape index (κ3) is 11.5. The van der Waals surface area contributed by atoms with Crippen molar-refractivity contribution in [2.45, 2.75) is 115 Å². The molecule has 4 atom stereocenters. The average molecular weight is 401 g/mol. The molecule has 0 radical (unpaired) electrons. The fourth-order valence-electron chi connectivity index (χ4n) is 3.65. The largest absolute Gasteiger partial charge is 0.394 e. The molecule has 0 saturated carbocycles. The third-order valence-corrected chi connectivity index (χ3v) is 5.49. The molecule has 1 saturated heterocycles. The van der Waals surface area contributed by atoms with E-state index >= 15 is 0 Å². The van der Waals surface area contributed by atoms with Crippen LogP contribution in [-0.4, -0.2) is 59.6 Å². The van der Waals surface area contributed by atoms with Crippen molar-refractivity contribution in [2.24, 2.45) is 0 Å². The second kappa shape index (κ2) is 17.4. The Kier molecular flexibility index (Phi) is 15.9. The standard InChI is InChI=1S/C23H44O5/c1-2-3-4-5-6-7-8-9-10-11-12-13-14-15-16-17-27-21(18-24)23-22(26)20(25)19-28-23/h14-15,20-26H,2-13,16-19H2,1H3/b15-14+/t20-,21+,22+,23+/m0/s1. The zero-order chi connectivity index (χ0) is 20.5. The summed E-state index contributed by atoms with van der Waals surface area (Å²) in [6.07, 6.45) is 18.1. The van der Waals surface area contributed by atoms with E-state index < -0.39 is 24.4 Å². The predicted molar refractivity (Wildman–Crippen MR) is 113 cm³/mol. The summed E-state index contributed by atoms with van der Waals surface area (Å²) in [5, 5.41) is 28.7. The number of hydrogen-bond donors (Lipinski definition) is 3. The van der Waals surface area contributed by atoms with Crippen molar-refractivity contribution >= 4 is 0 Å². The van der Waals surface area contributed by atoms with Gasteiger partial charge in [-0.2, -0.15) is 0 Å². The van der Waals surface area contributed by atoms with E-state index in [9.17, 15) is 15.3 Å². The van der Waals surface area contributed by atoms with E-state index in [-0.39, 0.29) is 13.2 Å². The highest BCUT2D eigenvalue weighted by molar-refractivity contribution is 4.89. The quantitative estimate of drug-likeness (QED) is 0.238. The van der Waals surface area contributed by atoms with E-state index in [1.165, 1.54) is 70.6 Å². The Morgan fingerprint density at radius 1 is 0.893 bits per heavy atom. The first-order chi connectivity index (χ1) is 13.7. The van der Waals surface area contributed by atoms with Gasteiger partial charge in [0.1, 0.15) is 24.4 Å². The molecule has 166 valence electrons. The highest BCUT2D eigenvalue weighted by Crippen LogP contribution is 2.19. The third-order valence-electron chi connectivity index (χ3n) is 5.49. The number of aliphatic hydroxyl groups excluding tert-OH is 3. The van der Waals surface area contributed by atoms with Crippen molar-refractivity contribution in [3.63, 3.8) is 0 Å². The summed E-state index contributed by atoms with van der Waals surface area (Å²) in [6.45, 7) is 2.60. The van der Waals surface area contributed by atoms with E-state index in [0.29, 0.717) is 6.61 Å². The number of aliphatic hydroxyl groups is 3. The lowest BCUT2D eigenvalue weighted by molar-refractivity contribution is -0.0996. The van der Waals surface area contributed by atoms with Gasteiger partial charge in [0.05, 0.1) is 19.8 Å². The molecule has 5 nitrogen and oxygen atoms in total. The van der Waals surface area contributed by atoms with Crippen LogP contribution in [0.25, 0.3) is 0 Å². The van der Waals surface area contributed by atoms with Crippen LogP contribution in [0.3, 0.4) is 0 Å². The van der Waals surface area contributed by atoms with Crippen LogP contribution in [0.15, 0.2) is 12.2 Å². The van der Waals surface area contributed by atoms with Gasteiger partial charge in [0.15, 0.2) is 0 Å². The molecule has 1 aliphatic rings. The molecule has 0 unspecified atom stereocenters. The molecule has 1 heterocycles. The second-order valence-corrected chi connectivity index (χ2v) is 8.03. The molecule has 0 aliphatic carbocycles. The fraction of sp³-hybridized carbons (Fsp3) is 0.913. The van der Waals surface area contributed by atoms with Gasteiger partial charge in [-0.3, -0.25) is 0 Å². The zero-order valence-electron chi connectivity index (χ0n) is 17.9. The van der Waals surface area contributed by atoms with Gasteiger partial charge in [0, 0.05) is 0 Å². The Morgan fingerprint density at radius 2 is 1.46 bits per heavy atom. The molecule has 3 N–H and O–H groups in total. The van der Waals surface area contributed by atoms with Crippen molar-refractivity contribution in [3.05, 3.63) is 12.2 Å². The lowest BCUT2D eigenvalue weighted by atomic mass is 10.1. The maximum Gasteiger partial charge on any atom is 0.114 e. The summed E-state index contributed by atoms with van der Waals surface area (Å²) in [6, 6.07) is 0. The summed E-state index contributed by atoms with van der Waals surface area (Å²) >= 11 is 0. The lowest BCUT2D eigenvalue weighted by Gasteiger charge is -2.24. The Balaban J connectivity index is 1.89. The number of hydrogen-bond acceptors (Lipinski definition) is 5. The molecule has 0 bridgehead atoms. The predicted octanol–water partition coefficient (Wildman–Crippen LogP) is 4.13. The normalized spacial score (nSPS) is 23.6. The molecule has 0 aromatic carbocycles. The van der Waals surface area contributed by atoms with Gasteiger partial charge in [0.2, 0.25) is 0 Å². The minimum absolute atomic E-state index is 0.0879. The first-order valence-electron chi connectivity index (χ1n) is 11.6. The summed E-state index contributed by atoms with van der Waals surface area (Å²) < 4.78 is 10.9. The van der Waals surface area contributed by atoms with Crippen molar-refractivity contribution in [2.75, 3.05) is 19.8 Å². The van der Waals surface area contributed by atoms with Gasteiger partial charge in [-0.05, 0) is 19.3 Å². The molecule has 1 rings (SSSR count). The molecule has 0 aromatic heterocycles. The molecule has 0 aromatic rings. The molecule has 1 aliphatic heterocycles. The highest BCUT2D eigenvalue weighted by Gasteiger charge is 2.40. The molecule has 5 heteroatoms. The Labute approximate surface area is 172 Å². The molecular weight excluding hydrogens is 356 g/mol. The van der Waals surface area contributed by atoms with E-state index in [2.05, 4.69) is 19.1 Å². The van der Waals surface area contributed by atoms with Gasteiger partial charge >= 0.3 is 0 Å². The van der Waals surface area contributed by atoms with Crippen LogP contribution in [0.2, 0.25) is 0 Å². The number of ether oxygens (including phenoxy) is 2. The first kappa shape index (κ1) is 25.6. The van der Waals surface area contributed by atoms with E-state index in [1.807, 2.05) is 0 Å². The Bertz CT molecular complexity index is 374. The van der Waals surface area contributed by atoms with Crippen LogP contribution in [0, 0.1) is 0 Å². The van der Waals surface area contributed by atoms with E-state index in [1.54, 1.807) is 0 Å². The van der Waals surface area contributed by atoms with Gasteiger partial charge in [-0.1, -0.05) is 83.3 Å². The van der Waals surface area contributed by atoms with Gasteiger partial charge < -0.3 is 24.8 Å². The minimum atomic E-state index is -0.992. The van der Waals surface area contributed by atoms with Gasteiger partial charge in [0.25, 0.3) is 0 Å². The molecule has 0 amide bonds. The van der Waals surface area contributed by atoms with Crippen molar-refractivity contribution in [1.82, 2.24) is 0 Å². The maximum absolute atomic E-state index is 9.81. The summed E-state index contributed by atoms with van der Waals surface area (Å²) in [7, 11) is 0. The van der Waals surface area contributed by atoms with Crippen molar-refractivity contribution in [1.29, 1.82) is 0 Å². The summed E-state index contributed by atoms with van der Waals surface area (Å²) in [4.78, 5) is 0. The second-order valence-electron chi connectivity index (χ2n) is 8.03. The summed E-state index contributed by atoms with van der Waals surface area (Å²) in [5.74, 6) is 0. The van der Waals surface area contributed by atoms with E-state index in [4.69, 9.17) is 9.47 Å². The average Bonchev–Trinajstić information content (AvgIpc) is 3.03. The topological polar surface area (TPSA) is 79.2 Å². The van der Waals surface area contributed by atoms with Crippen LogP contribution in [0.5, 0.6) is 0 Å². The smallest absolute Gasteiger partial charge is 0.114 e. The lowest BCUT2D eigenvalue weighted by Crippen LogP contribution is -2.42. The van der Waals surface area contributed by atoms with Crippen molar-refractivity contribution < 1.29 is 24.8 Å². The SMILES string of the molecule is CCCCCCCCCCCCC/C=C/CCO[C@H](CO)[C@H]1OC[C@H](O)[C@H]1O. The number of rotatable bonds is 18. The first-order valence-corrected chi connectivity index (χ1v) is 11.6. The van der Waals surface area contributed by atoms with Gasteiger partial charge in [-0.25, -0.2) is 0 Å². The fourth-order valence-corrected chi connectivity index (χ4v) is 3.65. The van der Waals surface area contributed by atoms with Crippen molar-refractivity contribution in [3.8, 4) is 0 Å². The van der Waals surface area contributed by atoms with E-state index in [0.717, 1.165) is 12.8 Å². The molecule has 1 fully saturated rings. The Morgan fingerprint density at radius 3 is 2.00 bits per heavy atom. The minimum Gasteiger partial charge on any atom is -0.394 e. The molecule has 28 heavy (non-hydrogen) atoms. The van der Waals surface area contributed by atoms with Gasteiger partial charge in [-0.15, -0.1) is 0 Å². The molecule has 0 spiro atoms.